The fraction of sp³-hybridized carbons (Fsp3) is 0.373. The summed E-state index contributed by atoms with van der Waals surface area (Å²) in [5.74, 6) is -1.05. The Bertz CT molecular complexity index is 5600. The van der Waals surface area contributed by atoms with Crippen LogP contribution in [0.15, 0.2) is 170 Å². The Morgan fingerprint density at radius 1 is 0.474 bits per heavy atom. The molecule has 0 saturated carbocycles. The van der Waals surface area contributed by atoms with E-state index in [0.29, 0.717) is 51.6 Å². The monoisotopic (exact) mass is 1640 g/mol. The standard InChI is InChI=1S/C75H85N22O16P3/c1-47(2)29-77-74-85-48(3)62-69(90-74)97(44-82-62)61-37-93(34-56(113-61)41-108-115(5,104)91-32-54(38-106-73(101)52-25-17-10-18-26-52)111-59(35-91)95-45-83-63-65(78-42-80-67(63)95)88-71(99)50-21-13-8-14-22-50)116(6,105)109-40-55-33-92(36-60(112-55)96-46-84-64-66(79-43-81-68(64)96)89-72(100)51-23-15-9-16-24-51)114(4,103)107-39-53-30-76-31-58(110-53)94-28-27-57(87-75(94)102)86-70(98)49-19-11-7-12-20-49/h7-28,42-47,53-56,58-61,76H,29-41H2,1-6H3,(H,77,85,90)(H,78,80,88,99)(H,79,81,89,100)(H,86,87,98,102)/t53?,54-,55?,56-,58+,59+,60+,61+,114-,115-,116-/m0/s1. The summed E-state index contributed by atoms with van der Waals surface area (Å²) in [5.41, 5.74) is 3.18. The number of fused-ring (bicyclic) bond motifs is 3. The molecule has 0 bridgehead atoms. The number of esters is 1. The van der Waals surface area contributed by atoms with Gasteiger partial charge in [0.25, 0.3) is 40.3 Å². The van der Waals surface area contributed by atoms with Crippen molar-refractivity contribution in [3.8, 4) is 0 Å². The maximum Gasteiger partial charge on any atom is 0.351 e. The molecular formula is C75H85N22O16P3. The summed E-state index contributed by atoms with van der Waals surface area (Å²) in [6.45, 7) is 9.63. The van der Waals surface area contributed by atoms with Crippen LogP contribution in [0.4, 0.5) is 23.4 Å². The Hall–Kier alpha value is -10.7. The normalized spacial score (nSPS) is 22.0. The van der Waals surface area contributed by atoms with Crippen LogP contribution in [0.2, 0.25) is 0 Å². The van der Waals surface area contributed by atoms with Crippen LogP contribution >= 0.6 is 22.6 Å². The molecule has 15 rings (SSSR count). The van der Waals surface area contributed by atoms with Crippen LogP contribution in [-0.4, -0.2) is 236 Å². The Balaban J connectivity index is 0.687. The Labute approximate surface area is 663 Å². The van der Waals surface area contributed by atoms with Crippen LogP contribution in [0.5, 0.6) is 0 Å². The molecule has 0 spiro atoms. The number of hydrogen-bond donors (Lipinski definition) is 5. The maximum absolute atomic E-state index is 15.9. The van der Waals surface area contributed by atoms with Crippen LogP contribution in [0.1, 0.15) is 85.9 Å². The average Bonchev–Trinajstić information content (AvgIpc) is 1.54. The first-order chi connectivity index (χ1) is 55.9. The number of carbonyl (C=O) groups is 4. The van der Waals surface area contributed by atoms with E-state index in [1.807, 2.05) is 6.92 Å². The fourth-order valence-corrected chi connectivity index (χ4v) is 18.2. The average molecular weight is 1640 g/mol. The quantitative estimate of drug-likeness (QED) is 0.0227. The first-order valence-corrected chi connectivity index (χ1v) is 43.5. The van der Waals surface area contributed by atoms with Gasteiger partial charge in [0.2, 0.25) is 5.95 Å². The van der Waals surface area contributed by atoms with Gasteiger partial charge in [-0.3, -0.25) is 46.3 Å². The minimum Gasteiger partial charge on any atom is -0.459 e. The van der Waals surface area contributed by atoms with E-state index in [4.69, 9.17) is 47.2 Å². The van der Waals surface area contributed by atoms with Crippen LogP contribution in [-0.2, 0) is 51.0 Å². The van der Waals surface area contributed by atoms with Gasteiger partial charge in [0.15, 0.2) is 45.8 Å². The number of imidazole rings is 3. The van der Waals surface area contributed by atoms with Crippen molar-refractivity contribution in [2.45, 2.75) is 70.1 Å². The number of nitrogens with one attached hydrogen (secondary N) is 5. The minimum atomic E-state index is -4.06. The summed E-state index contributed by atoms with van der Waals surface area (Å²) in [5, 5.41) is 14.9. The predicted octanol–water partition coefficient (Wildman–Crippen LogP) is 8.36. The summed E-state index contributed by atoms with van der Waals surface area (Å²) in [7, 11) is -12.0. The predicted molar refractivity (Wildman–Crippen MR) is 424 cm³/mol. The van der Waals surface area contributed by atoms with Crippen molar-refractivity contribution < 1.29 is 70.1 Å². The van der Waals surface area contributed by atoms with Gasteiger partial charge >= 0.3 is 11.7 Å². The van der Waals surface area contributed by atoms with Gasteiger partial charge in [-0.05, 0) is 67.4 Å². The highest BCUT2D eigenvalue weighted by atomic mass is 31.2. The molecule has 2 unspecified atom stereocenters. The summed E-state index contributed by atoms with van der Waals surface area (Å²) < 4.78 is 110. The van der Waals surface area contributed by atoms with E-state index in [1.165, 1.54) is 62.1 Å². The van der Waals surface area contributed by atoms with Gasteiger partial charge in [-0.1, -0.05) is 86.6 Å². The Morgan fingerprint density at radius 2 is 0.897 bits per heavy atom. The SMILES string of the molecule is Cc1nc(NCC(C)C)nc2c1ncn2[C@H]1CN([P@@](C)(=O)OCC2CN([P@@](C)(=O)OCC3CNC[C@H](n4ccc(NC(=O)c5ccccc5)nc4=O)O3)C[C@H](n3cnc4c(NC(=O)c5ccccc5)ncnc43)O2)C[C@@H](CO[P@](C)(=O)N2C[C@@H](COC(=O)c3ccccc3)O[C@@H](n3cnc4c(NC(=O)c5ccccc5)ncnc43)C2)O1. The van der Waals surface area contributed by atoms with Crippen LogP contribution in [0.25, 0.3) is 33.5 Å². The van der Waals surface area contributed by atoms with Gasteiger partial charge in [0.05, 0.1) is 88.0 Å². The third-order valence-electron chi connectivity index (χ3n) is 19.8. The van der Waals surface area contributed by atoms with Crippen molar-refractivity contribution in [2.75, 3.05) is 127 Å². The van der Waals surface area contributed by atoms with Gasteiger partial charge in [-0.25, -0.2) is 63.5 Å². The van der Waals surface area contributed by atoms with Crippen molar-refractivity contribution in [1.29, 1.82) is 0 Å². The zero-order valence-electron chi connectivity index (χ0n) is 64.0. The number of aromatic nitrogens is 14. The third kappa shape index (κ3) is 18.6. The van der Waals surface area contributed by atoms with Gasteiger partial charge in [0.1, 0.15) is 55.4 Å². The highest BCUT2D eigenvalue weighted by Crippen LogP contribution is 2.54. The van der Waals surface area contributed by atoms with E-state index in [-0.39, 0.29) is 124 Å². The molecule has 41 heteroatoms. The number of rotatable bonds is 28. The molecule has 38 nitrogen and oxygen atoms in total. The molecule has 7 aromatic heterocycles. The summed E-state index contributed by atoms with van der Waals surface area (Å²) in [6.07, 6.45) is 0.926. The van der Waals surface area contributed by atoms with E-state index in [0.717, 1.165) is 0 Å². The lowest BCUT2D eigenvalue weighted by Crippen LogP contribution is -2.48. The zero-order chi connectivity index (χ0) is 80.8. The Kier molecular flexibility index (Phi) is 24.3. The molecule has 5 N–H and O–H groups in total. The van der Waals surface area contributed by atoms with Gasteiger partial charge in [-0.15, -0.1) is 0 Å². The van der Waals surface area contributed by atoms with E-state index in [1.54, 1.807) is 155 Å². The minimum absolute atomic E-state index is 0.0456. The molecule has 606 valence electrons. The molecular weight excluding hydrogens is 1560 g/mol. The second-order valence-electron chi connectivity index (χ2n) is 28.7. The molecule has 4 saturated heterocycles. The maximum atomic E-state index is 15.9. The van der Waals surface area contributed by atoms with Gasteiger partial charge < -0.3 is 63.8 Å². The number of amides is 3. The van der Waals surface area contributed by atoms with Crippen molar-refractivity contribution in [3.63, 3.8) is 0 Å². The largest absolute Gasteiger partial charge is 0.459 e. The summed E-state index contributed by atoms with van der Waals surface area (Å²) in [4.78, 5) is 112. The van der Waals surface area contributed by atoms with E-state index in [9.17, 15) is 24.0 Å². The van der Waals surface area contributed by atoms with E-state index in [2.05, 4.69) is 80.3 Å². The molecule has 0 aliphatic carbocycles. The topological polar surface area (TPSA) is 429 Å². The van der Waals surface area contributed by atoms with E-state index < -0.39 is 101 Å². The van der Waals surface area contributed by atoms with Crippen molar-refractivity contribution in [2.24, 2.45) is 5.92 Å². The molecule has 11 atom stereocenters. The number of carbonyl (C=O) groups excluding carboxylic acids is 4. The highest BCUT2D eigenvalue weighted by molar-refractivity contribution is 7.56. The highest BCUT2D eigenvalue weighted by Gasteiger charge is 2.45. The Morgan fingerprint density at radius 3 is 1.36 bits per heavy atom. The van der Waals surface area contributed by atoms with Crippen molar-refractivity contribution in [1.82, 2.24) is 87.4 Å². The molecule has 3 amide bonds. The number of anilines is 4. The van der Waals surface area contributed by atoms with E-state index >= 15 is 13.7 Å². The smallest absolute Gasteiger partial charge is 0.351 e. The lowest BCUT2D eigenvalue weighted by atomic mass is 10.2. The number of morpholine rings is 4. The van der Waals surface area contributed by atoms with Gasteiger partial charge in [0, 0.05) is 82.2 Å². The summed E-state index contributed by atoms with van der Waals surface area (Å²) in [6, 6.07) is 35.6. The second kappa shape index (κ2) is 35.0. The number of ether oxygens (including phenoxy) is 5. The number of hydrogen-bond acceptors (Lipinski definition) is 28. The van der Waals surface area contributed by atoms with Crippen LogP contribution in [0, 0.1) is 12.8 Å². The number of benzene rings is 4. The molecule has 11 heterocycles. The second-order valence-corrected chi connectivity index (χ2v) is 36.0. The lowest BCUT2D eigenvalue weighted by molar-refractivity contribution is -0.127. The molecule has 4 aliphatic heterocycles. The molecule has 116 heavy (non-hydrogen) atoms. The van der Waals surface area contributed by atoms with Crippen molar-refractivity contribution in [3.05, 3.63) is 204 Å². The van der Waals surface area contributed by atoms with Crippen LogP contribution < -0.4 is 32.3 Å². The van der Waals surface area contributed by atoms with Gasteiger partial charge in [-0.2, -0.15) is 9.97 Å². The number of nitrogens with zero attached hydrogens (tertiary/aromatic N) is 17. The lowest BCUT2D eigenvalue weighted by Gasteiger charge is -2.43. The first-order valence-electron chi connectivity index (χ1n) is 37.4. The first kappa shape index (κ1) is 80.5. The molecule has 4 fully saturated rings. The zero-order valence-corrected chi connectivity index (χ0v) is 66.6. The third-order valence-corrected chi connectivity index (χ3v) is 25.7. The molecule has 4 aromatic carbocycles. The molecule has 11 aromatic rings. The fourth-order valence-electron chi connectivity index (χ4n) is 13.7. The molecule has 0 radical (unpaired) electrons. The summed E-state index contributed by atoms with van der Waals surface area (Å²) >= 11 is 0. The number of aryl methyl sites for hydroxylation is 1. The van der Waals surface area contributed by atoms with Crippen molar-refractivity contribution >= 4 is 103 Å². The molecule has 4 aliphatic rings. The van der Waals surface area contributed by atoms with Crippen LogP contribution in [0.3, 0.4) is 0 Å².